The number of hydrogen-bond donors (Lipinski definition) is 2. The molecule has 8 nitrogen and oxygen atoms in total. The highest BCUT2D eigenvalue weighted by molar-refractivity contribution is 7.17. The van der Waals surface area contributed by atoms with Crippen molar-refractivity contribution in [3.8, 4) is 0 Å². The maximum Gasteiger partial charge on any atom is 0.341 e. The van der Waals surface area contributed by atoms with Crippen LogP contribution in [0.1, 0.15) is 53.4 Å². The number of fused-ring (bicyclic) bond motifs is 1. The largest absolute Gasteiger partial charge is 0.462 e. The first-order valence-corrected chi connectivity index (χ1v) is 9.88. The van der Waals surface area contributed by atoms with Crippen molar-refractivity contribution in [1.82, 2.24) is 5.32 Å². The van der Waals surface area contributed by atoms with Crippen LogP contribution in [0.5, 0.6) is 0 Å². The minimum Gasteiger partial charge on any atom is -0.462 e. The van der Waals surface area contributed by atoms with Crippen LogP contribution in [0.15, 0.2) is 0 Å². The number of carbonyl (C=O) groups excluding carboxylic acids is 4. The first kappa shape index (κ1) is 19.3. The quantitative estimate of drug-likeness (QED) is 0.709. The summed E-state index contributed by atoms with van der Waals surface area (Å²) in [6.07, 6.45) is 4.34. The van der Waals surface area contributed by atoms with E-state index in [2.05, 4.69) is 10.6 Å². The molecule has 2 heterocycles. The molecule has 2 N–H and O–H groups in total. The zero-order valence-electron chi connectivity index (χ0n) is 15.1. The molecule has 0 aromatic carbocycles. The number of thiophene rings is 1. The van der Waals surface area contributed by atoms with Crippen LogP contribution in [-0.2, 0) is 36.7 Å². The molecule has 1 aromatic heterocycles. The predicted octanol–water partition coefficient (Wildman–Crippen LogP) is 1.56. The van der Waals surface area contributed by atoms with E-state index in [4.69, 9.17) is 9.47 Å². The Kier molecular flexibility index (Phi) is 6.10. The second kappa shape index (κ2) is 8.51. The zero-order chi connectivity index (χ0) is 19.4. The van der Waals surface area contributed by atoms with Crippen LogP contribution in [0, 0.1) is 0 Å². The lowest BCUT2D eigenvalue weighted by atomic mass is 9.95. The van der Waals surface area contributed by atoms with E-state index in [1.165, 1.54) is 11.3 Å². The second-order valence-electron chi connectivity index (χ2n) is 6.45. The Morgan fingerprint density at radius 3 is 2.67 bits per heavy atom. The smallest absolute Gasteiger partial charge is 0.341 e. The molecule has 9 heteroatoms. The van der Waals surface area contributed by atoms with Gasteiger partial charge in [-0.05, 0) is 44.6 Å². The van der Waals surface area contributed by atoms with Gasteiger partial charge in [-0.3, -0.25) is 9.59 Å². The average molecular weight is 394 g/mol. The Morgan fingerprint density at radius 2 is 1.96 bits per heavy atom. The van der Waals surface area contributed by atoms with Gasteiger partial charge in [-0.1, -0.05) is 0 Å². The van der Waals surface area contributed by atoms with Crippen LogP contribution >= 0.6 is 11.3 Å². The summed E-state index contributed by atoms with van der Waals surface area (Å²) in [4.78, 5) is 48.7. The summed E-state index contributed by atoms with van der Waals surface area (Å²) >= 11 is 1.37. The van der Waals surface area contributed by atoms with E-state index in [0.717, 1.165) is 36.1 Å². The Morgan fingerprint density at radius 1 is 1.19 bits per heavy atom. The summed E-state index contributed by atoms with van der Waals surface area (Å²) in [5.41, 5.74) is 1.37. The summed E-state index contributed by atoms with van der Waals surface area (Å²) in [6, 6.07) is -0.700. The van der Waals surface area contributed by atoms with Crippen molar-refractivity contribution in [3.05, 3.63) is 16.0 Å². The Hall–Kier alpha value is -2.42. The van der Waals surface area contributed by atoms with Crippen molar-refractivity contribution in [2.24, 2.45) is 0 Å². The summed E-state index contributed by atoms with van der Waals surface area (Å²) in [5, 5.41) is 5.61. The Bertz CT molecular complexity index is 772. The summed E-state index contributed by atoms with van der Waals surface area (Å²) < 4.78 is 10.1. The summed E-state index contributed by atoms with van der Waals surface area (Å²) in [6.45, 7) is 1.51. The molecule has 2 aliphatic rings. The van der Waals surface area contributed by atoms with Crippen molar-refractivity contribution < 1.29 is 28.7 Å². The van der Waals surface area contributed by atoms with E-state index >= 15 is 0 Å². The van der Waals surface area contributed by atoms with Gasteiger partial charge in [0.25, 0.3) is 5.91 Å². The minimum absolute atomic E-state index is 0.204. The standard InChI is InChI=1S/C18H22N2O6S/c1-2-25-18(24)15-10-5-3-4-6-12(10)27-16(15)20-14(22)9-26-17(23)11-7-8-13(21)19-11/h11H,2-9H2,1H3,(H,19,21)(H,20,22)/t11-/m0/s1. The molecule has 27 heavy (non-hydrogen) atoms. The van der Waals surface area contributed by atoms with Crippen molar-refractivity contribution in [1.29, 1.82) is 0 Å². The molecule has 3 rings (SSSR count). The van der Waals surface area contributed by atoms with E-state index in [9.17, 15) is 19.2 Å². The summed E-state index contributed by atoms with van der Waals surface area (Å²) in [7, 11) is 0. The lowest BCUT2D eigenvalue weighted by Gasteiger charge is -2.12. The molecule has 1 saturated heterocycles. The fourth-order valence-electron chi connectivity index (χ4n) is 3.26. The molecule has 0 saturated carbocycles. The zero-order valence-corrected chi connectivity index (χ0v) is 15.9. The number of nitrogens with one attached hydrogen (secondary N) is 2. The minimum atomic E-state index is -0.700. The van der Waals surface area contributed by atoms with Crippen LogP contribution < -0.4 is 10.6 Å². The van der Waals surface area contributed by atoms with Crippen molar-refractivity contribution >= 4 is 40.1 Å². The third-order valence-electron chi connectivity index (χ3n) is 4.53. The molecule has 0 spiro atoms. The van der Waals surface area contributed by atoms with Gasteiger partial charge in [-0.2, -0.15) is 0 Å². The highest BCUT2D eigenvalue weighted by Crippen LogP contribution is 2.38. The second-order valence-corrected chi connectivity index (χ2v) is 7.56. The monoisotopic (exact) mass is 394 g/mol. The van der Waals surface area contributed by atoms with Crippen LogP contribution in [0.3, 0.4) is 0 Å². The predicted molar refractivity (Wildman–Crippen MR) is 97.7 cm³/mol. The number of ether oxygens (including phenoxy) is 2. The molecule has 1 atom stereocenters. The third-order valence-corrected chi connectivity index (χ3v) is 5.74. The molecule has 0 unspecified atom stereocenters. The molecular formula is C18H22N2O6S. The van der Waals surface area contributed by atoms with Crippen LogP contribution in [0.2, 0.25) is 0 Å². The van der Waals surface area contributed by atoms with Crippen molar-refractivity contribution in [2.45, 2.75) is 51.5 Å². The SMILES string of the molecule is CCOC(=O)c1c(NC(=O)COC(=O)[C@@H]2CCC(=O)N2)sc2c1CCCC2. The maximum atomic E-state index is 12.4. The fraction of sp³-hybridized carbons (Fsp3) is 0.556. The van der Waals surface area contributed by atoms with Gasteiger partial charge in [0.05, 0.1) is 12.2 Å². The van der Waals surface area contributed by atoms with E-state index < -0.39 is 30.5 Å². The van der Waals surface area contributed by atoms with Gasteiger partial charge in [0.1, 0.15) is 11.0 Å². The van der Waals surface area contributed by atoms with Gasteiger partial charge in [0, 0.05) is 11.3 Å². The number of esters is 2. The van der Waals surface area contributed by atoms with E-state index in [1.807, 2.05) is 0 Å². The molecule has 1 aliphatic carbocycles. The van der Waals surface area contributed by atoms with Crippen molar-refractivity contribution in [2.75, 3.05) is 18.5 Å². The van der Waals surface area contributed by atoms with E-state index in [0.29, 0.717) is 17.0 Å². The van der Waals surface area contributed by atoms with Gasteiger partial charge in [0.15, 0.2) is 6.61 Å². The molecule has 0 bridgehead atoms. The molecule has 2 amide bonds. The topological polar surface area (TPSA) is 111 Å². The highest BCUT2D eigenvalue weighted by atomic mass is 32.1. The maximum absolute atomic E-state index is 12.4. The number of hydrogen-bond acceptors (Lipinski definition) is 7. The highest BCUT2D eigenvalue weighted by Gasteiger charge is 2.30. The Balaban J connectivity index is 1.64. The number of aryl methyl sites for hydroxylation is 1. The van der Waals surface area contributed by atoms with Crippen LogP contribution in [0.25, 0.3) is 0 Å². The van der Waals surface area contributed by atoms with Gasteiger partial charge in [0.2, 0.25) is 5.91 Å². The number of rotatable bonds is 6. The van der Waals surface area contributed by atoms with Crippen LogP contribution in [-0.4, -0.2) is 43.0 Å². The lowest BCUT2D eigenvalue weighted by molar-refractivity contribution is -0.149. The van der Waals surface area contributed by atoms with Gasteiger partial charge in [-0.15, -0.1) is 11.3 Å². The lowest BCUT2D eigenvalue weighted by Crippen LogP contribution is -2.36. The van der Waals surface area contributed by atoms with Gasteiger partial charge >= 0.3 is 11.9 Å². The number of amides is 2. The first-order valence-electron chi connectivity index (χ1n) is 9.07. The molecule has 1 aromatic rings. The average Bonchev–Trinajstić information content (AvgIpc) is 3.23. The molecule has 1 aliphatic heterocycles. The first-order chi connectivity index (χ1) is 13.0. The molecular weight excluding hydrogens is 372 g/mol. The van der Waals surface area contributed by atoms with Gasteiger partial charge < -0.3 is 20.1 Å². The van der Waals surface area contributed by atoms with Crippen LogP contribution in [0.4, 0.5) is 5.00 Å². The molecule has 146 valence electrons. The van der Waals surface area contributed by atoms with E-state index in [-0.39, 0.29) is 18.9 Å². The fourth-order valence-corrected chi connectivity index (χ4v) is 4.56. The van der Waals surface area contributed by atoms with Crippen molar-refractivity contribution in [3.63, 3.8) is 0 Å². The summed E-state index contributed by atoms with van der Waals surface area (Å²) in [5.74, 6) is -1.81. The van der Waals surface area contributed by atoms with E-state index in [1.54, 1.807) is 6.92 Å². The Labute approximate surface area is 160 Å². The third kappa shape index (κ3) is 4.47. The number of carbonyl (C=O) groups is 4. The number of anilines is 1. The molecule has 1 fully saturated rings. The van der Waals surface area contributed by atoms with Gasteiger partial charge in [-0.25, -0.2) is 9.59 Å². The normalized spacial score (nSPS) is 18.4. The molecule has 0 radical (unpaired) electrons.